The first-order valence-electron chi connectivity index (χ1n) is 9.11. The number of ether oxygens (including phenoxy) is 3. The standard InChI is InChI=1S/C22H29NO4/c1-14(2)27-19-8-7-18(11-21(19)25-6)12-23-22(24)13-26-20-10-15(3)9-16(4)17(20)5/h7-11,14H,12-13H2,1-6H3,(H,23,24). The fourth-order valence-corrected chi connectivity index (χ4v) is 2.72. The summed E-state index contributed by atoms with van der Waals surface area (Å²) in [7, 11) is 1.60. The lowest BCUT2D eigenvalue weighted by atomic mass is 10.1. The van der Waals surface area contributed by atoms with Crippen LogP contribution in [0.15, 0.2) is 30.3 Å². The van der Waals surface area contributed by atoms with Crippen molar-refractivity contribution in [1.82, 2.24) is 5.32 Å². The van der Waals surface area contributed by atoms with Crippen molar-refractivity contribution in [1.29, 1.82) is 0 Å². The molecule has 1 N–H and O–H groups in total. The van der Waals surface area contributed by atoms with Crippen LogP contribution in [0.3, 0.4) is 0 Å². The van der Waals surface area contributed by atoms with Crippen LogP contribution in [0.5, 0.6) is 17.2 Å². The molecule has 0 aliphatic heterocycles. The van der Waals surface area contributed by atoms with Gasteiger partial charge in [-0.05, 0) is 75.1 Å². The van der Waals surface area contributed by atoms with Gasteiger partial charge >= 0.3 is 0 Å². The van der Waals surface area contributed by atoms with Gasteiger partial charge in [0.1, 0.15) is 5.75 Å². The van der Waals surface area contributed by atoms with Crippen LogP contribution in [0, 0.1) is 20.8 Å². The summed E-state index contributed by atoms with van der Waals surface area (Å²) in [4.78, 5) is 12.1. The van der Waals surface area contributed by atoms with Crippen molar-refractivity contribution >= 4 is 5.91 Å². The van der Waals surface area contributed by atoms with Gasteiger partial charge in [-0.15, -0.1) is 0 Å². The van der Waals surface area contributed by atoms with Gasteiger partial charge < -0.3 is 19.5 Å². The first kappa shape index (κ1) is 20.6. The van der Waals surface area contributed by atoms with Gasteiger partial charge in [0.2, 0.25) is 0 Å². The monoisotopic (exact) mass is 371 g/mol. The van der Waals surface area contributed by atoms with Crippen LogP contribution in [0.1, 0.15) is 36.1 Å². The molecule has 0 aromatic heterocycles. The summed E-state index contributed by atoms with van der Waals surface area (Å²) in [6, 6.07) is 9.69. The number of carbonyl (C=O) groups excluding carboxylic acids is 1. The molecule has 5 heteroatoms. The van der Waals surface area contributed by atoms with E-state index in [4.69, 9.17) is 14.2 Å². The highest BCUT2D eigenvalue weighted by atomic mass is 16.5. The van der Waals surface area contributed by atoms with Crippen LogP contribution in [-0.2, 0) is 11.3 Å². The van der Waals surface area contributed by atoms with E-state index in [1.807, 2.05) is 58.9 Å². The molecule has 0 aliphatic rings. The second kappa shape index (κ2) is 9.31. The quantitative estimate of drug-likeness (QED) is 0.759. The molecule has 0 saturated carbocycles. The van der Waals surface area contributed by atoms with E-state index in [2.05, 4.69) is 11.4 Å². The zero-order valence-electron chi connectivity index (χ0n) is 17.0. The maximum atomic E-state index is 12.1. The van der Waals surface area contributed by atoms with E-state index in [9.17, 15) is 4.79 Å². The van der Waals surface area contributed by atoms with E-state index in [-0.39, 0.29) is 18.6 Å². The Hall–Kier alpha value is -2.69. The lowest BCUT2D eigenvalue weighted by Gasteiger charge is -2.15. The molecule has 0 spiro atoms. The summed E-state index contributed by atoms with van der Waals surface area (Å²) < 4.78 is 16.8. The lowest BCUT2D eigenvalue weighted by Crippen LogP contribution is -2.28. The van der Waals surface area contributed by atoms with Crippen LogP contribution in [-0.4, -0.2) is 25.7 Å². The number of carbonyl (C=O) groups is 1. The Balaban J connectivity index is 1.92. The molecule has 2 rings (SSSR count). The Bertz CT molecular complexity index is 799. The number of methoxy groups -OCH3 is 1. The third-order valence-corrected chi connectivity index (χ3v) is 4.20. The Kier molecular flexibility index (Phi) is 7.11. The van der Waals surface area contributed by atoms with Gasteiger partial charge in [0.05, 0.1) is 13.2 Å². The summed E-state index contributed by atoms with van der Waals surface area (Å²) in [5.41, 5.74) is 4.25. The van der Waals surface area contributed by atoms with Crippen LogP contribution in [0.25, 0.3) is 0 Å². The molecular weight excluding hydrogens is 342 g/mol. The van der Waals surface area contributed by atoms with Crippen molar-refractivity contribution in [3.63, 3.8) is 0 Å². The zero-order chi connectivity index (χ0) is 20.0. The molecule has 2 aromatic rings. The fraction of sp³-hybridized carbons (Fsp3) is 0.409. The van der Waals surface area contributed by atoms with E-state index in [0.29, 0.717) is 18.0 Å². The van der Waals surface area contributed by atoms with Gasteiger partial charge in [0.15, 0.2) is 18.1 Å². The molecule has 0 fully saturated rings. The van der Waals surface area contributed by atoms with Crippen LogP contribution >= 0.6 is 0 Å². The van der Waals surface area contributed by atoms with Crippen LogP contribution < -0.4 is 19.5 Å². The Morgan fingerprint density at radius 3 is 2.44 bits per heavy atom. The predicted octanol–water partition coefficient (Wildman–Crippen LogP) is 4.10. The van der Waals surface area contributed by atoms with Crippen molar-refractivity contribution in [2.75, 3.05) is 13.7 Å². The topological polar surface area (TPSA) is 56.8 Å². The first-order valence-corrected chi connectivity index (χ1v) is 9.11. The molecular formula is C22H29NO4. The van der Waals surface area contributed by atoms with Crippen molar-refractivity contribution in [3.05, 3.63) is 52.6 Å². The maximum Gasteiger partial charge on any atom is 0.258 e. The van der Waals surface area contributed by atoms with Crippen LogP contribution in [0.2, 0.25) is 0 Å². The van der Waals surface area contributed by atoms with Gasteiger partial charge in [-0.1, -0.05) is 12.1 Å². The molecule has 146 valence electrons. The van der Waals surface area contributed by atoms with Gasteiger partial charge in [0.25, 0.3) is 5.91 Å². The van der Waals surface area contributed by atoms with Crippen LogP contribution in [0.4, 0.5) is 0 Å². The Morgan fingerprint density at radius 1 is 1.04 bits per heavy atom. The number of amides is 1. The molecule has 1 amide bonds. The summed E-state index contributed by atoms with van der Waals surface area (Å²) in [6.45, 7) is 10.3. The predicted molar refractivity (Wildman–Crippen MR) is 107 cm³/mol. The number of aryl methyl sites for hydroxylation is 2. The number of hydrogen-bond donors (Lipinski definition) is 1. The molecule has 0 radical (unpaired) electrons. The lowest BCUT2D eigenvalue weighted by molar-refractivity contribution is -0.123. The smallest absolute Gasteiger partial charge is 0.258 e. The Labute approximate surface area is 161 Å². The van der Waals surface area contributed by atoms with Crippen molar-refractivity contribution in [2.24, 2.45) is 0 Å². The van der Waals surface area contributed by atoms with Crippen molar-refractivity contribution in [3.8, 4) is 17.2 Å². The first-order chi connectivity index (χ1) is 12.8. The third-order valence-electron chi connectivity index (χ3n) is 4.20. The normalized spacial score (nSPS) is 10.6. The highest BCUT2D eigenvalue weighted by Crippen LogP contribution is 2.29. The number of rotatable bonds is 8. The van der Waals surface area contributed by atoms with E-state index in [1.165, 1.54) is 0 Å². The molecule has 0 bridgehead atoms. The molecule has 0 aliphatic carbocycles. The van der Waals surface area contributed by atoms with Gasteiger partial charge in [-0.2, -0.15) is 0 Å². The van der Waals surface area contributed by atoms with E-state index in [1.54, 1.807) is 7.11 Å². The van der Waals surface area contributed by atoms with E-state index < -0.39 is 0 Å². The SMILES string of the molecule is COc1cc(CNC(=O)COc2cc(C)cc(C)c2C)ccc1OC(C)C. The van der Waals surface area contributed by atoms with Gasteiger partial charge in [-0.25, -0.2) is 0 Å². The maximum absolute atomic E-state index is 12.1. The third kappa shape index (κ3) is 5.91. The molecule has 2 aromatic carbocycles. The van der Waals surface area contributed by atoms with Crippen molar-refractivity contribution < 1.29 is 19.0 Å². The summed E-state index contributed by atoms with van der Waals surface area (Å²) in [5, 5.41) is 2.87. The summed E-state index contributed by atoms with van der Waals surface area (Å²) in [6.07, 6.45) is 0.0651. The minimum absolute atomic E-state index is 0.0184. The minimum Gasteiger partial charge on any atom is -0.493 e. The zero-order valence-corrected chi connectivity index (χ0v) is 17.0. The summed E-state index contributed by atoms with van der Waals surface area (Å²) >= 11 is 0. The van der Waals surface area contributed by atoms with Crippen molar-refractivity contribution in [2.45, 2.75) is 47.3 Å². The number of benzene rings is 2. The highest BCUT2D eigenvalue weighted by molar-refractivity contribution is 5.77. The molecule has 27 heavy (non-hydrogen) atoms. The minimum atomic E-state index is -0.171. The second-order valence-electron chi connectivity index (χ2n) is 6.92. The van der Waals surface area contributed by atoms with E-state index >= 15 is 0 Å². The largest absolute Gasteiger partial charge is 0.493 e. The number of hydrogen-bond acceptors (Lipinski definition) is 4. The average Bonchev–Trinajstić information content (AvgIpc) is 2.62. The molecule has 0 saturated heterocycles. The fourth-order valence-electron chi connectivity index (χ4n) is 2.72. The second-order valence-corrected chi connectivity index (χ2v) is 6.92. The molecule has 0 heterocycles. The van der Waals surface area contributed by atoms with Gasteiger partial charge in [0, 0.05) is 6.54 Å². The molecule has 0 unspecified atom stereocenters. The molecule has 5 nitrogen and oxygen atoms in total. The highest BCUT2D eigenvalue weighted by Gasteiger charge is 2.10. The number of nitrogens with one attached hydrogen (secondary N) is 1. The van der Waals surface area contributed by atoms with Gasteiger partial charge in [-0.3, -0.25) is 4.79 Å². The summed E-state index contributed by atoms with van der Waals surface area (Å²) in [5.74, 6) is 1.92. The average molecular weight is 371 g/mol. The van der Waals surface area contributed by atoms with E-state index in [0.717, 1.165) is 28.0 Å². The molecule has 0 atom stereocenters. The Morgan fingerprint density at radius 2 is 1.78 bits per heavy atom.